The minimum absolute atomic E-state index is 0.522. The van der Waals surface area contributed by atoms with Gasteiger partial charge in [-0.05, 0) is 25.5 Å². The van der Waals surface area contributed by atoms with Crippen LogP contribution in [0.5, 0.6) is 0 Å². The molecule has 2 rings (SSSR count). The fraction of sp³-hybridized carbons (Fsp3) is 0.273. The third kappa shape index (κ3) is 1.70. The van der Waals surface area contributed by atoms with Gasteiger partial charge in [0.15, 0.2) is 11.6 Å². The van der Waals surface area contributed by atoms with Gasteiger partial charge in [-0.15, -0.1) is 0 Å². The highest BCUT2D eigenvalue weighted by Crippen LogP contribution is 2.20. The van der Waals surface area contributed by atoms with Crippen LogP contribution in [0.25, 0.3) is 11.6 Å². The minimum atomic E-state index is 0.522. The van der Waals surface area contributed by atoms with Gasteiger partial charge in [-0.3, -0.25) is 0 Å². The Labute approximate surface area is 88.2 Å². The zero-order valence-corrected chi connectivity index (χ0v) is 8.82. The Bertz CT molecular complexity index is 463. The lowest BCUT2D eigenvalue weighted by Gasteiger charge is -2.06. The smallest absolute Gasteiger partial charge is 0.197 e. The second kappa shape index (κ2) is 3.73. The Balaban J connectivity index is 2.55. The molecule has 2 aromatic heterocycles. The summed E-state index contributed by atoms with van der Waals surface area (Å²) in [6, 6.07) is 3.63. The number of aromatic nitrogens is 2. The van der Waals surface area contributed by atoms with Crippen LogP contribution in [0.1, 0.15) is 18.2 Å². The summed E-state index contributed by atoms with van der Waals surface area (Å²) in [7, 11) is 0. The van der Waals surface area contributed by atoms with Crippen molar-refractivity contribution in [2.24, 2.45) is 0 Å². The third-order valence-electron chi connectivity index (χ3n) is 2.36. The van der Waals surface area contributed by atoms with Gasteiger partial charge in [-0.1, -0.05) is 6.92 Å². The lowest BCUT2D eigenvalue weighted by Crippen LogP contribution is -2.03. The Morgan fingerprint density at radius 3 is 2.80 bits per heavy atom. The Kier molecular flexibility index (Phi) is 2.41. The van der Waals surface area contributed by atoms with Gasteiger partial charge in [-0.25, -0.2) is 9.97 Å². The Hall–Kier alpha value is -1.84. The van der Waals surface area contributed by atoms with Crippen LogP contribution in [0.15, 0.2) is 22.8 Å². The third-order valence-corrected chi connectivity index (χ3v) is 2.36. The van der Waals surface area contributed by atoms with Crippen LogP contribution in [0.2, 0.25) is 0 Å². The van der Waals surface area contributed by atoms with E-state index in [-0.39, 0.29) is 0 Å². The molecule has 2 heterocycles. The number of nitrogen functional groups attached to an aromatic ring is 1. The lowest BCUT2D eigenvalue weighted by molar-refractivity contribution is 0.576. The van der Waals surface area contributed by atoms with E-state index in [4.69, 9.17) is 10.2 Å². The number of furan rings is 1. The molecule has 2 N–H and O–H groups in total. The first-order chi connectivity index (χ1) is 7.22. The van der Waals surface area contributed by atoms with Crippen LogP contribution < -0.4 is 5.73 Å². The predicted octanol–water partition coefficient (Wildman–Crippen LogP) is 2.19. The van der Waals surface area contributed by atoms with Gasteiger partial charge in [-0.2, -0.15) is 0 Å². The van der Waals surface area contributed by atoms with Gasteiger partial charge in [0.25, 0.3) is 0 Å². The van der Waals surface area contributed by atoms with Crippen molar-refractivity contribution in [2.75, 3.05) is 5.73 Å². The van der Waals surface area contributed by atoms with E-state index in [1.54, 1.807) is 12.3 Å². The number of nitrogens with two attached hydrogens (primary N) is 1. The summed E-state index contributed by atoms with van der Waals surface area (Å²) in [5.74, 6) is 1.73. The first-order valence-electron chi connectivity index (χ1n) is 4.89. The molecule has 0 saturated heterocycles. The number of rotatable bonds is 2. The number of hydrogen-bond acceptors (Lipinski definition) is 4. The summed E-state index contributed by atoms with van der Waals surface area (Å²) >= 11 is 0. The predicted molar refractivity (Wildman–Crippen MR) is 58.3 cm³/mol. The molecule has 0 radical (unpaired) electrons. The van der Waals surface area contributed by atoms with E-state index in [1.807, 2.05) is 19.9 Å². The molecule has 0 aliphatic heterocycles. The topological polar surface area (TPSA) is 64.9 Å². The van der Waals surface area contributed by atoms with Crippen LogP contribution in [0.3, 0.4) is 0 Å². The van der Waals surface area contributed by atoms with E-state index in [9.17, 15) is 0 Å². The van der Waals surface area contributed by atoms with Crippen molar-refractivity contribution in [2.45, 2.75) is 20.3 Å². The number of hydrogen-bond donors (Lipinski definition) is 1. The van der Waals surface area contributed by atoms with Gasteiger partial charge in [0.1, 0.15) is 5.82 Å². The maximum atomic E-state index is 5.81. The summed E-state index contributed by atoms with van der Waals surface area (Å²) in [4.78, 5) is 8.61. The van der Waals surface area contributed by atoms with E-state index < -0.39 is 0 Å². The van der Waals surface area contributed by atoms with E-state index in [2.05, 4.69) is 9.97 Å². The zero-order valence-electron chi connectivity index (χ0n) is 8.82. The molecule has 4 heteroatoms. The molecular weight excluding hydrogens is 190 g/mol. The van der Waals surface area contributed by atoms with Crippen molar-refractivity contribution >= 4 is 5.82 Å². The maximum Gasteiger partial charge on any atom is 0.197 e. The van der Waals surface area contributed by atoms with Crippen molar-refractivity contribution in [3.8, 4) is 11.6 Å². The van der Waals surface area contributed by atoms with Crippen molar-refractivity contribution in [3.63, 3.8) is 0 Å². The number of anilines is 1. The van der Waals surface area contributed by atoms with E-state index in [0.717, 1.165) is 17.7 Å². The summed E-state index contributed by atoms with van der Waals surface area (Å²) in [6.45, 7) is 3.97. The second-order valence-corrected chi connectivity index (χ2v) is 3.34. The standard InChI is InChI=1S/C11H13N3O/c1-3-8-7(2)10(12)14-11(13-8)9-5-4-6-15-9/h4-6H,3H2,1-2H3,(H2,12,13,14). The zero-order chi connectivity index (χ0) is 10.8. The van der Waals surface area contributed by atoms with E-state index in [1.165, 1.54) is 0 Å². The molecule has 0 aromatic carbocycles. The van der Waals surface area contributed by atoms with Gasteiger partial charge < -0.3 is 10.2 Å². The molecule has 78 valence electrons. The summed E-state index contributed by atoms with van der Waals surface area (Å²) < 4.78 is 5.23. The largest absolute Gasteiger partial charge is 0.461 e. The summed E-state index contributed by atoms with van der Waals surface area (Å²) in [5, 5.41) is 0. The molecule has 0 aliphatic rings. The molecule has 0 saturated carbocycles. The molecular formula is C11H13N3O. The van der Waals surface area contributed by atoms with Gasteiger partial charge in [0.2, 0.25) is 0 Å². The van der Waals surface area contributed by atoms with Gasteiger partial charge in [0.05, 0.1) is 6.26 Å². The summed E-state index contributed by atoms with van der Waals surface area (Å²) in [6.07, 6.45) is 2.44. The van der Waals surface area contributed by atoms with Gasteiger partial charge >= 0.3 is 0 Å². The van der Waals surface area contributed by atoms with Gasteiger partial charge in [0, 0.05) is 11.3 Å². The monoisotopic (exact) mass is 203 g/mol. The number of nitrogens with zero attached hydrogens (tertiary/aromatic N) is 2. The fourth-order valence-corrected chi connectivity index (χ4v) is 1.44. The molecule has 2 aromatic rings. The average Bonchev–Trinajstić information content (AvgIpc) is 2.75. The molecule has 0 aliphatic carbocycles. The maximum absolute atomic E-state index is 5.81. The highest BCUT2D eigenvalue weighted by molar-refractivity contribution is 5.53. The van der Waals surface area contributed by atoms with Crippen molar-refractivity contribution in [1.29, 1.82) is 0 Å². The first kappa shape index (κ1) is 9.71. The highest BCUT2D eigenvalue weighted by atomic mass is 16.3. The van der Waals surface area contributed by atoms with Crippen LogP contribution >= 0.6 is 0 Å². The SMILES string of the molecule is CCc1nc(-c2ccco2)nc(N)c1C. The average molecular weight is 203 g/mol. The van der Waals surface area contributed by atoms with Crippen LogP contribution in [0.4, 0.5) is 5.82 Å². The molecule has 0 bridgehead atoms. The summed E-state index contributed by atoms with van der Waals surface area (Å²) in [5.41, 5.74) is 7.73. The lowest BCUT2D eigenvalue weighted by atomic mass is 10.2. The molecule has 0 atom stereocenters. The van der Waals surface area contributed by atoms with Crippen LogP contribution in [-0.4, -0.2) is 9.97 Å². The molecule has 0 fully saturated rings. The molecule has 0 amide bonds. The van der Waals surface area contributed by atoms with Crippen molar-refractivity contribution < 1.29 is 4.42 Å². The molecule has 0 unspecified atom stereocenters. The van der Waals surface area contributed by atoms with Crippen LogP contribution in [-0.2, 0) is 6.42 Å². The fourth-order valence-electron chi connectivity index (χ4n) is 1.44. The van der Waals surface area contributed by atoms with Crippen LogP contribution in [0, 0.1) is 6.92 Å². The second-order valence-electron chi connectivity index (χ2n) is 3.34. The minimum Gasteiger partial charge on any atom is -0.461 e. The van der Waals surface area contributed by atoms with Crippen molar-refractivity contribution in [1.82, 2.24) is 9.97 Å². The molecule has 0 spiro atoms. The Morgan fingerprint density at radius 2 is 2.20 bits per heavy atom. The van der Waals surface area contributed by atoms with Crippen molar-refractivity contribution in [3.05, 3.63) is 29.7 Å². The van der Waals surface area contributed by atoms with E-state index >= 15 is 0 Å². The Morgan fingerprint density at radius 1 is 1.40 bits per heavy atom. The first-order valence-corrected chi connectivity index (χ1v) is 4.89. The van der Waals surface area contributed by atoms with E-state index in [0.29, 0.717) is 17.4 Å². The number of aryl methyl sites for hydroxylation is 1. The highest BCUT2D eigenvalue weighted by Gasteiger charge is 2.10. The quantitative estimate of drug-likeness (QED) is 0.812. The molecule has 15 heavy (non-hydrogen) atoms. The molecule has 4 nitrogen and oxygen atoms in total. The normalized spacial score (nSPS) is 10.5.